The van der Waals surface area contributed by atoms with Crippen molar-refractivity contribution in [1.29, 1.82) is 0 Å². The lowest BCUT2D eigenvalue weighted by atomic mass is 10.1. The van der Waals surface area contributed by atoms with Crippen molar-refractivity contribution < 1.29 is 23.9 Å². The first-order chi connectivity index (χ1) is 10.5. The molecule has 0 saturated heterocycles. The fourth-order valence-electron chi connectivity index (χ4n) is 1.84. The van der Waals surface area contributed by atoms with Crippen molar-refractivity contribution in [1.82, 2.24) is 5.32 Å². The molecule has 122 valence electrons. The second kappa shape index (κ2) is 9.19. The van der Waals surface area contributed by atoms with Crippen molar-refractivity contribution in [2.45, 2.75) is 39.7 Å². The summed E-state index contributed by atoms with van der Waals surface area (Å²) in [4.78, 5) is 36.4. The van der Waals surface area contributed by atoms with Gasteiger partial charge in [-0.25, -0.2) is 4.79 Å². The van der Waals surface area contributed by atoms with Crippen molar-refractivity contribution in [2.75, 3.05) is 13.2 Å². The number of hydrogen-bond acceptors (Lipinski definition) is 6. The standard InChI is InChI=1S/C15H21NO5S/c1-4-20-13(17)7-6-12(15(19)21-5-2)16-14(18)11-8-9-22-10(11)3/h8-9,12H,4-7H2,1-3H3,(H,16,18)/t12-/m0/s1. The predicted octanol–water partition coefficient (Wildman–Crippen LogP) is 2.06. The summed E-state index contributed by atoms with van der Waals surface area (Å²) >= 11 is 1.45. The zero-order valence-corrected chi connectivity index (χ0v) is 13.8. The summed E-state index contributed by atoms with van der Waals surface area (Å²) in [5.41, 5.74) is 0.524. The first-order valence-electron chi connectivity index (χ1n) is 7.16. The van der Waals surface area contributed by atoms with Crippen LogP contribution in [0.1, 0.15) is 41.9 Å². The van der Waals surface area contributed by atoms with Crippen LogP contribution in [0.5, 0.6) is 0 Å². The second-order valence-electron chi connectivity index (χ2n) is 4.51. The summed E-state index contributed by atoms with van der Waals surface area (Å²) < 4.78 is 9.77. The van der Waals surface area contributed by atoms with Crippen LogP contribution in [0.4, 0.5) is 0 Å². The van der Waals surface area contributed by atoms with Gasteiger partial charge in [0.2, 0.25) is 0 Å². The number of amides is 1. The van der Waals surface area contributed by atoms with E-state index < -0.39 is 18.0 Å². The summed E-state index contributed by atoms with van der Waals surface area (Å²) in [7, 11) is 0. The first-order valence-corrected chi connectivity index (χ1v) is 8.04. The molecule has 0 saturated carbocycles. The molecule has 0 spiro atoms. The molecule has 7 heteroatoms. The smallest absolute Gasteiger partial charge is 0.328 e. The molecule has 1 atom stereocenters. The maximum atomic E-state index is 12.2. The Bertz CT molecular complexity index is 526. The SMILES string of the molecule is CCOC(=O)CC[C@H](NC(=O)c1ccsc1C)C(=O)OCC. The monoisotopic (exact) mass is 327 g/mol. The highest BCUT2D eigenvalue weighted by Gasteiger charge is 2.24. The molecule has 0 aliphatic heterocycles. The van der Waals surface area contributed by atoms with Gasteiger partial charge in [-0.1, -0.05) is 0 Å². The van der Waals surface area contributed by atoms with Crippen LogP contribution in [-0.4, -0.2) is 37.1 Å². The summed E-state index contributed by atoms with van der Waals surface area (Å²) in [5.74, 6) is -1.30. The van der Waals surface area contributed by atoms with Crippen molar-refractivity contribution in [3.63, 3.8) is 0 Å². The number of rotatable bonds is 8. The van der Waals surface area contributed by atoms with Gasteiger partial charge in [0.1, 0.15) is 6.04 Å². The molecular formula is C15H21NO5S. The number of hydrogen-bond donors (Lipinski definition) is 1. The maximum absolute atomic E-state index is 12.2. The van der Waals surface area contributed by atoms with Crippen LogP contribution in [-0.2, 0) is 19.1 Å². The van der Waals surface area contributed by atoms with Gasteiger partial charge in [-0.15, -0.1) is 11.3 Å². The molecule has 0 aliphatic rings. The first kappa shape index (κ1) is 18.2. The minimum Gasteiger partial charge on any atom is -0.466 e. The van der Waals surface area contributed by atoms with E-state index in [-0.39, 0.29) is 32.0 Å². The fraction of sp³-hybridized carbons (Fsp3) is 0.533. The van der Waals surface area contributed by atoms with Crippen LogP contribution < -0.4 is 5.32 Å². The van der Waals surface area contributed by atoms with Gasteiger partial charge in [-0.3, -0.25) is 9.59 Å². The van der Waals surface area contributed by atoms with Crippen LogP contribution in [0.15, 0.2) is 11.4 Å². The van der Waals surface area contributed by atoms with Gasteiger partial charge < -0.3 is 14.8 Å². The molecule has 1 aromatic heterocycles. The number of carbonyl (C=O) groups is 3. The van der Waals surface area contributed by atoms with Crippen molar-refractivity contribution in [3.05, 3.63) is 21.9 Å². The van der Waals surface area contributed by atoms with Gasteiger partial charge in [-0.2, -0.15) is 0 Å². The number of ether oxygens (including phenoxy) is 2. The van der Waals surface area contributed by atoms with Gasteiger partial charge in [0, 0.05) is 11.3 Å². The van der Waals surface area contributed by atoms with Gasteiger partial charge in [0.05, 0.1) is 18.8 Å². The van der Waals surface area contributed by atoms with E-state index in [1.165, 1.54) is 11.3 Å². The second-order valence-corrected chi connectivity index (χ2v) is 5.63. The Morgan fingerprint density at radius 3 is 2.45 bits per heavy atom. The highest BCUT2D eigenvalue weighted by molar-refractivity contribution is 7.10. The maximum Gasteiger partial charge on any atom is 0.328 e. The summed E-state index contributed by atoms with van der Waals surface area (Å²) in [5, 5.41) is 4.44. The van der Waals surface area contributed by atoms with E-state index >= 15 is 0 Å². The summed E-state index contributed by atoms with van der Waals surface area (Å²) in [6.45, 7) is 5.72. The predicted molar refractivity (Wildman–Crippen MR) is 82.8 cm³/mol. The normalized spacial score (nSPS) is 11.6. The van der Waals surface area contributed by atoms with E-state index in [2.05, 4.69) is 5.32 Å². The minimum absolute atomic E-state index is 0.0419. The van der Waals surface area contributed by atoms with Crippen LogP contribution in [0.3, 0.4) is 0 Å². The fourth-order valence-corrected chi connectivity index (χ4v) is 2.54. The Balaban J connectivity index is 2.69. The zero-order valence-electron chi connectivity index (χ0n) is 13.0. The Hall–Kier alpha value is -1.89. The van der Waals surface area contributed by atoms with Crippen molar-refractivity contribution >= 4 is 29.2 Å². The molecular weight excluding hydrogens is 306 g/mol. The molecule has 1 heterocycles. The van der Waals surface area contributed by atoms with E-state index in [9.17, 15) is 14.4 Å². The molecule has 1 rings (SSSR count). The Labute approximate surface area is 133 Å². The number of nitrogens with one attached hydrogen (secondary N) is 1. The van der Waals surface area contributed by atoms with E-state index in [4.69, 9.17) is 9.47 Å². The minimum atomic E-state index is -0.865. The highest BCUT2D eigenvalue weighted by atomic mass is 32.1. The lowest BCUT2D eigenvalue weighted by molar-refractivity contribution is -0.146. The lowest BCUT2D eigenvalue weighted by Gasteiger charge is -2.17. The zero-order chi connectivity index (χ0) is 16.5. The Kier molecular flexibility index (Phi) is 7.59. The van der Waals surface area contributed by atoms with E-state index in [1.54, 1.807) is 19.9 Å². The average molecular weight is 327 g/mol. The van der Waals surface area contributed by atoms with Gasteiger partial charge in [-0.05, 0) is 38.6 Å². The van der Waals surface area contributed by atoms with E-state index in [1.807, 2.05) is 12.3 Å². The van der Waals surface area contributed by atoms with E-state index in [0.29, 0.717) is 5.56 Å². The van der Waals surface area contributed by atoms with Crippen LogP contribution in [0.25, 0.3) is 0 Å². The van der Waals surface area contributed by atoms with Crippen LogP contribution in [0.2, 0.25) is 0 Å². The molecule has 1 amide bonds. The number of carbonyl (C=O) groups excluding carboxylic acids is 3. The third-order valence-electron chi connectivity index (χ3n) is 2.92. The van der Waals surface area contributed by atoms with Gasteiger partial charge in [0.25, 0.3) is 5.91 Å². The topological polar surface area (TPSA) is 81.7 Å². The third kappa shape index (κ3) is 5.48. The molecule has 0 aliphatic carbocycles. The number of aryl methyl sites for hydroxylation is 1. The van der Waals surface area contributed by atoms with Crippen molar-refractivity contribution in [3.8, 4) is 0 Å². The van der Waals surface area contributed by atoms with Crippen LogP contribution >= 0.6 is 11.3 Å². The molecule has 1 aromatic rings. The average Bonchev–Trinajstić information content (AvgIpc) is 2.90. The molecule has 0 radical (unpaired) electrons. The number of thiophene rings is 1. The van der Waals surface area contributed by atoms with Gasteiger partial charge >= 0.3 is 11.9 Å². The van der Waals surface area contributed by atoms with Gasteiger partial charge in [0.15, 0.2) is 0 Å². The van der Waals surface area contributed by atoms with Crippen LogP contribution in [0, 0.1) is 6.92 Å². The Morgan fingerprint density at radius 2 is 1.91 bits per heavy atom. The summed E-state index contributed by atoms with van der Waals surface area (Å²) in [6, 6.07) is 0.833. The Morgan fingerprint density at radius 1 is 1.23 bits per heavy atom. The quantitative estimate of drug-likeness (QED) is 0.739. The lowest BCUT2D eigenvalue weighted by Crippen LogP contribution is -2.42. The largest absolute Gasteiger partial charge is 0.466 e. The molecule has 0 unspecified atom stereocenters. The molecule has 0 bridgehead atoms. The number of esters is 2. The molecule has 6 nitrogen and oxygen atoms in total. The molecule has 0 fully saturated rings. The molecule has 22 heavy (non-hydrogen) atoms. The third-order valence-corrected chi connectivity index (χ3v) is 3.77. The molecule has 1 N–H and O–H groups in total. The summed E-state index contributed by atoms with van der Waals surface area (Å²) in [6.07, 6.45) is 0.187. The highest BCUT2D eigenvalue weighted by Crippen LogP contribution is 2.15. The molecule has 0 aromatic carbocycles. The van der Waals surface area contributed by atoms with E-state index in [0.717, 1.165) is 4.88 Å². The van der Waals surface area contributed by atoms with Crippen molar-refractivity contribution in [2.24, 2.45) is 0 Å².